The summed E-state index contributed by atoms with van der Waals surface area (Å²) in [7, 11) is 0. The van der Waals surface area contributed by atoms with Gasteiger partial charge in [0.25, 0.3) is 5.91 Å². The van der Waals surface area contributed by atoms with Crippen LogP contribution in [0.5, 0.6) is 0 Å². The summed E-state index contributed by atoms with van der Waals surface area (Å²) >= 11 is 3.31. The predicted octanol–water partition coefficient (Wildman–Crippen LogP) is 1.87. The lowest BCUT2D eigenvalue weighted by atomic mass is 10.0. The molecule has 1 aliphatic rings. The summed E-state index contributed by atoms with van der Waals surface area (Å²) in [6, 6.07) is 1.74. The molecular weight excluding hydrogens is 272 g/mol. The molecular formula is C11H15BrN2O2. The van der Waals surface area contributed by atoms with Crippen molar-refractivity contribution in [2.45, 2.75) is 19.4 Å². The Bertz CT molecular complexity index is 400. The zero-order chi connectivity index (χ0) is 11.8. The zero-order valence-corrected chi connectivity index (χ0v) is 11.0. The molecule has 1 fully saturated rings. The summed E-state index contributed by atoms with van der Waals surface area (Å²) in [5, 5.41) is 3.37. The quantitative estimate of drug-likeness (QED) is 0.857. The second-order valence-electron chi connectivity index (χ2n) is 4.64. The molecule has 1 aliphatic heterocycles. The minimum Gasteiger partial charge on any atom is -0.458 e. The predicted molar refractivity (Wildman–Crippen MR) is 64.4 cm³/mol. The van der Waals surface area contributed by atoms with Crippen LogP contribution in [0.2, 0.25) is 0 Å². The van der Waals surface area contributed by atoms with Crippen LogP contribution in [0.15, 0.2) is 21.2 Å². The van der Waals surface area contributed by atoms with Gasteiger partial charge in [0.1, 0.15) is 0 Å². The van der Waals surface area contributed by atoms with Crippen LogP contribution in [0, 0.1) is 0 Å². The Kier molecular flexibility index (Phi) is 3.08. The first-order chi connectivity index (χ1) is 7.49. The van der Waals surface area contributed by atoms with Crippen molar-refractivity contribution in [3.8, 4) is 0 Å². The van der Waals surface area contributed by atoms with Crippen LogP contribution >= 0.6 is 15.9 Å². The Hall–Kier alpha value is -0.810. The van der Waals surface area contributed by atoms with Crippen LogP contribution in [0.3, 0.4) is 0 Å². The molecule has 4 nitrogen and oxygen atoms in total. The van der Waals surface area contributed by atoms with E-state index in [0.717, 1.165) is 13.1 Å². The summed E-state index contributed by atoms with van der Waals surface area (Å²) in [6.45, 7) is 6.40. The van der Waals surface area contributed by atoms with Gasteiger partial charge in [0.05, 0.1) is 10.7 Å². The molecule has 5 heteroatoms. The van der Waals surface area contributed by atoms with Crippen molar-refractivity contribution in [3.63, 3.8) is 0 Å². The number of hydrogen-bond donors (Lipinski definition) is 1. The minimum absolute atomic E-state index is 0.0347. The van der Waals surface area contributed by atoms with Crippen molar-refractivity contribution in [2.75, 3.05) is 19.6 Å². The normalized spacial score (nSPS) is 19.8. The van der Waals surface area contributed by atoms with Gasteiger partial charge in [-0.2, -0.15) is 0 Å². The monoisotopic (exact) mass is 286 g/mol. The fourth-order valence-electron chi connectivity index (χ4n) is 1.90. The van der Waals surface area contributed by atoms with E-state index in [0.29, 0.717) is 16.8 Å². The second-order valence-corrected chi connectivity index (χ2v) is 5.49. The van der Waals surface area contributed by atoms with Crippen molar-refractivity contribution >= 4 is 21.8 Å². The van der Waals surface area contributed by atoms with Gasteiger partial charge in [-0.05, 0) is 35.8 Å². The smallest absolute Gasteiger partial charge is 0.290 e. The molecule has 1 N–H and O–H groups in total. The highest BCUT2D eigenvalue weighted by atomic mass is 79.9. The molecule has 0 bridgehead atoms. The number of furan rings is 1. The molecule has 0 unspecified atom stereocenters. The molecule has 0 radical (unpaired) electrons. The maximum absolute atomic E-state index is 12.1. The first-order valence-corrected chi connectivity index (χ1v) is 6.06. The van der Waals surface area contributed by atoms with Crippen LogP contribution < -0.4 is 5.32 Å². The zero-order valence-electron chi connectivity index (χ0n) is 9.42. The van der Waals surface area contributed by atoms with Crippen molar-refractivity contribution in [1.29, 1.82) is 0 Å². The maximum Gasteiger partial charge on any atom is 0.290 e. The van der Waals surface area contributed by atoms with Gasteiger partial charge < -0.3 is 14.6 Å². The molecule has 0 atom stereocenters. The maximum atomic E-state index is 12.1. The first kappa shape index (κ1) is 11.7. The Labute approximate surface area is 103 Å². The molecule has 0 spiro atoms. The number of amides is 1. The fourth-order valence-corrected chi connectivity index (χ4v) is 2.28. The van der Waals surface area contributed by atoms with Crippen LogP contribution in [-0.4, -0.2) is 36.0 Å². The van der Waals surface area contributed by atoms with E-state index < -0.39 is 0 Å². The largest absolute Gasteiger partial charge is 0.458 e. The van der Waals surface area contributed by atoms with E-state index in [9.17, 15) is 4.79 Å². The standard InChI is InChI=1S/C11H15BrN2O2/c1-11(2)7-14(5-4-13-11)10(15)9-8(12)3-6-16-9/h3,6,13H,4-5,7H2,1-2H3. The Balaban J connectivity index is 2.14. The van der Waals surface area contributed by atoms with Crippen LogP contribution in [0.25, 0.3) is 0 Å². The Morgan fingerprint density at radius 1 is 1.62 bits per heavy atom. The van der Waals surface area contributed by atoms with Gasteiger partial charge in [-0.25, -0.2) is 0 Å². The van der Waals surface area contributed by atoms with Gasteiger partial charge in [0.2, 0.25) is 5.76 Å². The number of rotatable bonds is 1. The summed E-state index contributed by atoms with van der Waals surface area (Å²) in [5.74, 6) is 0.337. The molecule has 2 rings (SSSR count). The topological polar surface area (TPSA) is 45.5 Å². The van der Waals surface area contributed by atoms with Crippen molar-refractivity contribution < 1.29 is 9.21 Å². The highest BCUT2D eigenvalue weighted by Crippen LogP contribution is 2.21. The summed E-state index contributed by atoms with van der Waals surface area (Å²) in [6.07, 6.45) is 1.52. The van der Waals surface area contributed by atoms with Crippen LogP contribution in [0.4, 0.5) is 0 Å². The minimum atomic E-state index is -0.0496. The molecule has 0 aromatic carbocycles. The third-order valence-electron chi connectivity index (χ3n) is 2.67. The van der Waals surface area contributed by atoms with Gasteiger partial charge in [-0.3, -0.25) is 4.79 Å². The molecule has 0 aliphatic carbocycles. The average molecular weight is 287 g/mol. The van der Waals surface area contributed by atoms with Gasteiger partial charge in [-0.1, -0.05) is 0 Å². The lowest BCUT2D eigenvalue weighted by Crippen LogP contribution is -2.58. The number of piperazine rings is 1. The fraction of sp³-hybridized carbons (Fsp3) is 0.545. The first-order valence-electron chi connectivity index (χ1n) is 5.27. The van der Waals surface area contributed by atoms with E-state index in [2.05, 4.69) is 35.1 Å². The average Bonchev–Trinajstić information content (AvgIpc) is 2.62. The number of hydrogen-bond acceptors (Lipinski definition) is 3. The lowest BCUT2D eigenvalue weighted by molar-refractivity contribution is 0.0619. The number of carbonyl (C=O) groups excluding carboxylic acids is 1. The molecule has 1 amide bonds. The third kappa shape index (κ3) is 2.30. The number of carbonyl (C=O) groups is 1. The SMILES string of the molecule is CC1(C)CN(C(=O)c2occc2Br)CCN1. The molecule has 1 saturated heterocycles. The summed E-state index contributed by atoms with van der Waals surface area (Å²) in [5.41, 5.74) is -0.0347. The van der Waals surface area contributed by atoms with Crippen molar-refractivity contribution in [1.82, 2.24) is 10.2 Å². The van der Waals surface area contributed by atoms with Gasteiger partial charge >= 0.3 is 0 Å². The third-order valence-corrected chi connectivity index (χ3v) is 3.29. The molecule has 2 heterocycles. The Morgan fingerprint density at radius 3 is 2.94 bits per heavy atom. The number of nitrogens with one attached hydrogen (secondary N) is 1. The van der Waals surface area contributed by atoms with Crippen molar-refractivity contribution in [2.24, 2.45) is 0 Å². The van der Waals surface area contributed by atoms with E-state index >= 15 is 0 Å². The molecule has 88 valence electrons. The van der Waals surface area contributed by atoms with E-state index in [1.165, 1.54) is 6.26 Å². The molecule has 0 saturated carbocycles. The van der Waals surface area contributed by atoms with E-state index in [-0.39, 0.29) is 11.4 Å². The van der Waals surface area contributed by atoms with Crippen molar-refractivity contribution in [3.05, 3.63) is 22.6 Å². The molecule has 1 aromatic rings. The highest BCUT2D eigenvalue weighted by molar-refractivity contribution is 9.10. The number of nitrogens with zero attached hydrogens (tertiary/aromatic N) is 1. The van der Waals surface area contributed by atoms with Crippen LogP contribution in [0.1, 0.15) is 24.4 Å². The number of halogens is 1. The second kappa shape index (κ2) is 4.22. The van der Waals surface area contributed by atoms with E-state index in [1.54, 1.807) is 6.07 Å². The van der Waals surface area contributed by atoms with E-state index in [4.69, 9.17) is 4.42 Å². The molecule has 16 heavy (non-hydrogen) atoms. The lowest BCUT2D eigenvalue weighted by Gasteiger charge is -2.38. The van der Waals surface area contributed by atoms with Gasteiger partial charge in [-0.15, -0.1) is 0 Å². The van der Waals surface area contributed by atoms with Gasteiger partial charge in [0.15, 0.2) is 0 Å². The summed E-state index contributed by atoms with van der Waals surface area (Å²) in [4.78, 5) is 14.0. The van der Waals surface area contributed by atoms with Crippen LogP contribution in [-0.2, 0) is 0 Å². The highest BCUT2D eigenvalue weighted by Gasteiger charge is 2.30. The summed E-state index contributed by atoms with van der Waals surface area (Å²) < 4.78 is 5.91. The molecule has 1 aromatic heterocycles. The van der Waals surface area contributed by atoms with E-state index in [1.807, 2.05) is 4.90 Å². The van der Waals surface area contributed by atoms with Gasteiger partial charge in [0, 0.05) is 25.2 Å². The Morgan fingerprint density at radius 2 is 2.38 bits per heavy atom.